The van der Waals surface area contributed by atoms with Crippen molar-refractivity contribution in [1.29, 1.82) is 0 Å². The van der Waals surface area contributed by atoms with Crippen molar-refractivity contribution >= 4 is 43.9 Å². The molecule has 0 spiro atoms. The van der Waals surface area contributed by atoms with Crippen LogP contribution in [0.4, 0.5) is 0 Å². The molecule has 0 atom stereocenters. The van der Waals surface area contributed by atoms with E-state index in [1.165, 1.54) is 0 Å². The van der Waals surface area contributed by atoms with Crippen LogP contribution < -0.4 is 0 Å². The molecule has 0 saturated carbocycles. The molecule has 5 nitrogen and oxygen atoms in total. The number of fused-ring (bicyclic) bond motifs is 6. The molecule has 3 aromatic heterocycles. The van der Waals surface area contributed by atoms with Crippen LogP contribution in [0.5, 0.6) is 0 Å². The number of hydrogen-bond donors (Lipinski definition) is 0. The van der Waals surface area contributed by atoms with Gasteiger partial charge in [0.05, 0.1) is 0 Å². The van der Waals surface area contributed by atoms with E-state index < -0.39 is 0 Å². The fourth-order valence-electron chi connectivity index (χ4n) is 6.97. The monoisotopic (exact) mass is 641 g/mol. The molecule has 0 unspecified atom stereocenters. The lowest BCUT2D eigenvalue weighted by molar-refractivity contribution is 0.665. The van der Waals surface area contributed by atoms with Crippen molar-refractivity contribution in [3.8, 4) is 56.4 Å². The number of benzene rings is 7. The van der Waals surface area contributed by atoms with Crippen molar-refractivity contribution in [3.63, 3.8) is 0 Å². The van der Waals surface area contributed by atoms with Crippen LogP contribution >= 0.6 is 0 Å². The smallest absolute Gasteiger partial charge is 0.164 e. The van der Waals surface area contributed by atoms with E-state index in [1.807, 2.05) is 72.8 Å². The first-order chi connectivity index (χ1) is 24.8. The minimum atomic E-state index is 0.575. The number of para-hydroxylation sites is 3. The minimum Gasteiger partial charge on any atom is -0.455 e. The Hall–Kier alpha value is -6.85. The molecule has 0 fully saturated rings. The largest absolute Gasteiger partial charge is 0.455 e. The molecule has 7 aromatic carbocycles. The first kappa shape index (κ1) is 28.2. The molecule has 0 aliphatic rings. The molecule has 0 N–H and O–H groups in total. The SMILES string of the molecule is c1ccc(-c2ccc(-c3nc(-c4ccccc4)nc(-c4ccc(-c5cccc6c5oc5ccccc56)c5oc6ccccc6c45)n3)cc2)cc1. The molecule has 234 valence electrons. The second kappa shape index (κ2) is 11.4. The van der Waals surface area contributed by atoms with Gasteiger partial charge < -0.3 is 8.83 Å². The van der Waals surface area contributed by atoms with Gasteiger partial charge in [-0.2, -0.15) is 0 Å². The predicted octanol–water partition coefficient (Wildman–Crippen LogP) is 12.0. The Kier molecular flexibility index (Phi) is 6.42. The summed E-state index contributed by atoms with van der Waals surface area (Å²) in [5.74, 6) is 1.78. The highest BCUT2D eigenvalue weighted by Gasteiger charge is 2.22. The van der Waals surface area contributed by atoms with E-state index in [4.69, 9.17) is 23.8 Å². The Labute approximate surface area is 287 Å². The van der Waals surface area contributed by atoms with E-state index in [0.717, 1.165) is 82.8 Å². The molecule has 50 heavy (non-hydrogen) atoms. The number of aromatic nitrogens is 3. The normalized spacial score (nSPS) is 11.6. The highest BCUT2D eigenvalue weighted by Crippen LogP contribution is 2.44. The Morgan fingerprint density at radius 3 is 1.52 bits per heavy atom. The van der Waals surface area contributed by atoms with Gasteiger partial charge in [-0.3, -0.25) is 0 Å². The van der Waals surface area contributed by atoms with Gasteiger partial charge in [0.1, 0.15) is 22.3 Å². The maximum atomic E-state index is 6.70. The molecule has 0 bridgehead atoms. The van der Waals surface area contributed by atoms with Crippen LogP contribution in [0, 0.1) is 0 Å². The van der Waals surface area contributed by atoms with E-state index in [9.17, 15) is 0 Å². The van der Waals surface area contributed by atoms with E-state index in [0.29, 0.717) is 17.5 Å². The summed E-state index contributed by atoms with van der Waals surface area (Å²) in [6.45, 7) is 0. The third-order valence-electron chi connectivity index (χ3n) is 9.38. The number of rotatable bonds is 5. The average Bonchev–Trinajstić information content (AvgIpc) is 3.78. The molecular formula is C45H27N3O2. The molecule has 0 saturated heterocycles. The third-order valence-corrected chi connectivity index (χ3v) is 9.38. The first-order valence-electron chi connectivity index (χ1n) is 16.6. The number of nitrogens with zero attached hydrogens (tertiary/aromatic N) is 3. The van der Waals surface area contributed by atoms with E-state index >= 15 is 0 Å². The van der Waals surface area contributed by atoms with Gasteiger partial charge in [0.15, 0.2) is 17.5 Å². The molecule has 10 aromatic rings. The summed E-state index contributed by atoms with van der Waals surface area (Å²) in [5, 5.41) is 4.09. The van der Waals surface area contributed by atoms with Gasteiger partial charge in [-0.15, -0.1) is 0 Å². The molecule has 0 aliphatic heterocycles. The highest BCUT2D eigenvalue weighted by molar-refractivity contribution is 6.18. The molecule has 10 rings (SSSR count). The summed E-state index contributed by atoms with van der Waals surface area (Å²) in [6.07, 6.45) is 0. The van der Waals surface area contributed by atoms with Crippen molar-refractivity contribution in [3.05, 3.63) is 164 Å². The zero-order chi connectivity index (χ0) is 33.0. The summed E-state index contributed by atoms with van der Waals surface area (Å²) < 4.78 is 13.2. The summed E-state index contributed by atoms with van der Waals surface area (Å²) in [4.78, 5) is 15.2. The Bertz CT molecular complexity index is 2850. The lowest BCUT2D eigenvalue weighted by Crippen LogP contribution is -2.00. The van der Waals surface area contributed by atoms with Crippen LogP contribution in [0.2, 0.25) is 0 Å². The van der Waals surface area contributed by atoms with Crippen LogP contribution in [0.15, 0.2) is 173 Å². The Balaban J connectivity index is 1.20. The van der Waals surface area contributed by atoms with Crippen molar-refractivity contribution in [1.82, 2.24) is 15.0 Å². The summed E-state index contributed by atoms with van der Waals surface area (Å²) >= 11 is 0. The van der Waals surface area contributed by atoms with Gasteiger partial charge >= 0.3 is 0 Å². The quantitative estimate of drug-likeness (QED) is 0.187. The van der Waals surface area contributed by atoms with Crippen molar-refractivity contribution in [2.24, 2.45) is 0 Å². The fourth-order valence-corrected chi connectivity index (χ4v) is 6.97. The van der Waals surface area contributed by atoms with Crippen LogP contribution in [0.3, 0.4) is 0 Å². The lowest BCUT2D eigenvalue weighted by atomic mass is 9.96. The maximum Gasteiger partial charge on any atom is 0.164 e. The van der Waals surface area contributed by atoms with E-state index in [2.05, 4.69) is 91.0 Å². The molecule has 0 amide bonds. The van der Waals surface area contributed by atoms with Gasteiger partial charge in [-0.1, -0.05) is 140 Å². The van der Waals surface area contributed by atoms with Gasteiger partial charge in [-0.05, 0) is 35.4 Å². The average molecular weight is 642 g/mol. The molecule has 3 heterocycles. The maximum absolute atomic E-state index is 6.70. The van der Waals surface area contributed by atoms with Crippen molar-refractivity contribution in [2.45, 2.75) is 0 Å². The zero-order valence-electron chi connectivity index (χ0n) is 26.7. The van der Waals surface area contributed by atoms with E-state index in [-0.39, 0.29) is 0 Å². The van der Waals surface area contributed by atoms with Gasteiger partial charge in [0.2, 0.25) is 0 Å². The third kappa shape index (κ3) is 4.60. The minimum absolute atomic E-state index is 0.575. The second-order valence-corrected chi connectivity index (χ2v) is 12.4. The molecule has 0 aliphatic carbocycles. The van der Waals surface area contributed by atoms with Gasteiger partial charge in [-0.25, -0.2) is 15.0 Å². The number of furan rings is 2. The fraction of sp³-hybridized carbons (Fsp3) is 0. The summed E-state index contributed by atoms with van der Waals surface area (Å²) in [6, 6.07) is 55.6. The topological polar surface area (TPSA) is 65.0 Å². The Morgan fingerprint density at radius 2 is 0.780 bits per heavy atom. The molecular weight excluding hydrogens is 615 g/mol. The van der Waals surface area contributed by atoms with E-state index in [1.54, 1.807) is 0 Å². The van der Waals surface area contributed by atoms with Crippen molar-refractivity contribution < 1.29 is 8.83 Å². The summed E-state index contributed by atoms with van der Waals surface area (Å²) in [5.41, 5.74) is 10.1. The van der Waals surface area contributed by atoms with Crippen molar-refractivity contribution in [2.75, 3.05) is 0 Å². The van der Waals surface area contributed by atoms with Crippen LogP contribution in [0.1, 0.15) is 0 Å². The van der Waals surface area contributed by atoms with Gasteiger partial charge in [0.25, 0.3) is 0 Å². The molecule has 5 heteroatoms. The second-order valence-electron chi connectivity index (χ2n) is 12.4. The standard InChI is InChI=1S/C45H27N3O2/c1-3-12-28(13-4-1)29-22-24-31(25-23-29)44-46-43(30-14-5-2-6-15-30)47-45(48-44)37-27-26-35(42-40(37)36-17-8-10-21-39(36)50-42)34-19-11-18-33-32-16-7-9-20-38(32)49-41(33)34/h1-27H. The van der Waals surface area contributed by atoms with Crippen LogP contribution in [-0.2, 0) is 0 Å². The molecule has 0 radical (unpaired) electrons. The predicted molar refractivity (Wildman–Crippen MR) is 202 cm³/mol. The Morgan fingerprint density at radius 1 is 0.300 bits per heavy atom. The van der Waals surface area contributed by atoms with Gasteiger partial charge in [0, 0.05) is 49.4 Å². The zero-order valence-corrected chi connectivity index (χ0v) is 26.7. The highest BCUT2D eigenvalue weighted by atomic mass is 16.3. The van der Waals surface area contributed by atoms with Crippen LogP contribution in [0.25, 0.3) is 100 Å². The lowest BCUT2D eigenvalue weighted by Gasteiger charge is -2.11. The van der Waals surface area contributed by atoms with Crippen LogP contribution in [-0.4, -0.2) is 15.0 Å². The first-order valence-corrected chi connectivity index (χ1v) is 16.6. The number of hydrogen-bond acceptors (Lipinski definition) is 5. The summed E-state index contributed by atoms with van der Waals surface area (Å²) in [7, 11) is 0.